The van der Waals surface area contributed by atoms with E-state index < -0.39 is 0 Å². The predicted molar refractivity (Wildman–Crippen MR) is 67.1 cm³/mol. The minimum atomic E-state index is -0.298. The van der Waals surface area contributed by atoms with Crippen molar-refractivity contribution in [3.63, 3.8) is 0 Å². The molecule has 4 nitrogen and oxygen atoms in total. The van der Waals surface area contributed by atoms with Crippen LogP contribution in [0.5, 0.6) is 0 Å². The summed E-state index contributed by atoms with van der Waals surface area (Å²) < 4.78 is 0. The van der Waals surface area contributed by atoms with Crippen LogP contribution >= 0.6 is 11.6 Å². The molecular formula is C13H10ClNO3. The first-order valence-corrected chi connectivity index (χ1v) is 5.76. The first-order valence-electron chi connectivity index (χ1n) is 5.38. The van der Waals surface area contributed by atoms with Crippen molar-refractivity contribution in [2.75, 3.05) is 11.5 Å². The Balaban J connectivity index is 2.49. The number of aliphatic hydroxyl groups is 1. The fourth-order valence-electron chi connectivity index (χ4n) is 1.78. The van der Waals surface area contributed by atoms with Crippen LogP contribution in [0, 0.1) is 11.8 Å². The number of aliphatic hydroxyl groups excluding tert-OH is 1. The summed E-state index contributed by atoms with van der Waals surface area (Å²) in [6.45, 7) is -0.298. The molecule has 0 spiro atoms. The molecule has 5 heteroatoms. The zero-order chi connectivity index (χ0) is 13.1. The van der Waals surface area contributed by atoms with Gasteiger partial charge < -0.3 is 5.11 Å². The van der Waals surface area contributed by atoms with Gasteiger partial charge in [0.15, 0.2) is 0 Å². The van der Waals surface area contributed by atoms with Crippen LogP contribution in [0.4, 0.5) is 5.69 Å². The third kappa shape index (κ3) is 2.37. The molecule has 1 aliphatic rings. The number of imide groups is 1. The Bertz CT molecular complexity index is 555. The Labute approximate surface area is 109 Å². The summed E-state index contributed by atoms with van der Waals surface area (Å²) in [7, 11) is 0. The molecular weight excluding hydrogens is 254 g/mol. The molecule has 1 N–H and O–H groups in total. The van der Waals surface area contributed by atoms with E-state index in [2.05, 4.69) is 11.8 Å². The normalized spacial score (nSPS) is 14.7. The van der Waals surface area contributed by atoms with Gasteiger partial charge in [-0.3, -0.25) is 9.59 Å². The average molecular weight is 264 g/mol. The standard InChI is InChI=1S/C13H10ClNO3/c14-10-3-4-11(9(8-10)2-1-7-16)15-12(17)5-6-13(15)18/h3-4,8,16H,5-7H2. The van der Waals surface area contributed by atoms with Gasteiger partial charge in [0.1, 0.15) is 6.61 Å². The van der Waals surface area contributed by atoms with Gasteiger partial charge >= 0.3 is 0 Å². The second-order valence-electron chi connectivity index (χ2n) is 3.74. The predicted octanol–water partition coefficient (Wildman–Crippen LogP) is 1.34. The van der Waals surface area contributed by atoms with Gasteiger partial charge in [0.25, 0.3) is 0 Å². The topological polar surface area (TPSA) is 57.6 Å². The Kier molecular flexibility index (Phi) is 3.66. The Morgan fingerprint density at radius 2 is 1.94 bits per heavy atom. The summed E-state index contributed by atoms with van der Waals surface area (Å²) in [5.41, 5.74) is 0.882. The minimum Gasteiger partial charge on any atom is -0.384 e. The summed E-state index contributed by atoms with van der Waals surface area (Å²) >= 11 is 5.86. The van der Waals surface area contributed by atoms with Crippen LogP contribution in [-0.2, 0) is 9.59 Å². The van der Waals surface area contributed by atoms with Crippen LogP contribution in [0.15, 0.2) is 18.2 Å². The van der Waals surface area contributed by atoms with Crippen molar-refractivity contribution in [1.29, 1.82) is 0 Å². The van der Waals surface area contributed by atoms with Crippen LogP contribution in [0.1, 0.15) is 18.4 Å². The number of amides is 2. The van der Waals surface area contributed by atoms with E-state index in [1.807, 2.05) is 0 Å². The van der Waals surface area contributed by atoms with Gasteiger partial charge in [0.05, 0.1) is 11.3 Å². The van der Waals surface area contributed by atoms with Gasteiger partial charge in [-0.15, -0.1) is 0 Å². The van der Waals surface area contributed by atoms with E-state index in [1.165, 1.54) is 0 Å². The SMILES string of the molecule is O=C1CCC(=O)N1c1ccc(Cl)cc1C#CCO. The highest BCUT2D eigenvalue weighted by atomic mass is 35.5. The smallest absolute Gasteiger partial charge is 0.234 e. The molecule has 1 aromatic rings. The number of anilines is 1. The number of rotatable bonds is 1. The number of hydrogen-bond acceptors (Lipinski definition) is 3. The van der Waals surface area contributed by atoms with Crippen molar-refractivity contribution in [3.8, 4) is 11.8 Å². The third-order valence-corrected chi connectivity index (χ3v) is 2.79. The molecule has 0 bridgehead atoms. The second-order valence-corrected chi connectivity index (χ2v) is 4.18. The van der Waals surface area contributed by atoms with Crippen molar-refractivity contribution in [3.05, 3.63) is 28.8 Å². The number of hydrogen-bond donors (Lipinski definition) is 1. The van der Waals surface area contributed by atoms with Gasteiger partial charge in [-0.05, 0) is 18.2 Å². The lowest BCUT2D eigenvalue weighted by molar-refractivity contribution is -0.121. The number of carbonyl (C=O) groups is 2. The molecule has 1 aliphatic heterocycles. The average Bonchev–Trinajstić information content (AvgIpc) is 2.67. The summed E-state index contributed by atoms with van der Waals surface area (Å²) in [6.07, 6.45) is 0.433. The van der Waals surface area contributed by atoms with Crippen molar-refractivity contribution in [2.24, 2.45) is 0 Å². The number of nitrogens with zero attached hydrogens (tertiary/aromatic N) is 1. The quantitative estimate of drug-likeness (QED) is 0.614. The van der Waals surface area contributed by atoms with Crippen molar-refractivity contribution in [2.45, 2.75) is 12.8 Å². The highest BCUT2D eigenvalue weighted by Gasteiger charge is 2.31. The number of benzene rings is 1. The third-order valence-electron chi connectivity index (χ3n) is 2.55. The maximum atomic E-state index is 11.7. The summed E-state index contributed by atoms with van der Waals surface area (Å²) in [5.74, 6) is 4.69. The van der Waals surface area contributed by atoms with Crippen LogP contribution in [0.2, 0.25) is 5.02 Å². The van der Waals surface area contributed by atoms with E-state index in [1.54, 1.807) is 18.2 Å². The molecule has 1 fully saturated rings. The van der Waals surface area contributed by atoms with E-state index in [9.17, 15) is 9.59 Å². The molecule has 0 aliphatic carbocycles. The fraction of sp³-hybridized carbons (Fsp3) is 0.231. The zero-order valence-corrected chi connectivity index (χ0v) is 10.2. The fourth-order valence-corrected chi connectivity index (χ4v) is 1.96. The van der Waals surface area contributed by atoms with Crippen molar-refractivity contribution >= 4 is 29.1 Å². The molecule has 1 aromatic carbocycles. The molecule has 0 unspecified atom stereocenters. The minimum absolute atomic E-state index is 0.217. The molecule has 2 rings (SSSR count). The molecule has 0 saturated carbocycles. The van der Waals surface area contributed by atoms with Gasteiger partial charge in [0, 0.05) is 17.9 Å². The first kappa shape index (κ1) is 12.6. The van der Waals surface area contributed by atoms with Gasteiger partial charge in [-0.25, -0.2) is 4.90 Å². The molecule has 0 aromatic heterocycles. The monoisotopic (exact) mass is 263 g/mol. The van der Waals surface area contributed by atoms with Crippen LogP contribution in [0.3, 0.4) is 0 Å². The van der Waals surface area contributed by atoms with E-state index in [0.29, 0.717) is 16.3 Å². The summed E-state index contributed by atoms with van der Waals surface area (Å²) in [5, 5.41) is 9.16. The maximum Gasteiger partial charge on any atom is 0.234 e. The van der Waals surface area contributed by atoms with Crippen LogP contribution in [0.25, 0.3) is 0 Å². The Morgan fingerprint density at radius 3 is 2.56 bits per heavy atom. The highest BCUT2D eigenvalue weighted by Crippen LogP contribution is 2.28. The Hall–Kier alpha value is -1.83. The molecule has 0 radical (unpaired) electrons. The largest absolute Gasteiger partial charge is 0.384 e. The second kappa shape index (κ2) is 5.21. The molecule has 18 heavy (non-hydrogen) atoms. The molecule has 0 atom stereocenters. The maximum absolute atomic E-state index is 11.7. The van der Waals surface area contributed by atoms with Crippen molar-refractivity contribution < 1.29 is 14.7 Å². The lowest BCUT2D eigenvalue weighted by Gasteiger charge is -2.15. The molecule has 2 amide bonds. The van der Waals surface area contributed by atoms with E-state index >= 15 is 0 Å². The lowest BCUT2D eigenvalue weighted by Crippen LogP contribution is -2.29. The van der Waals surface area contributed by atoms with Gasteiger partial charge in [-0.1, -0.05) is 23.4 Å². The van der Waals surface area contributed by atoms with Crippen LogP contribution < -0.4 is 4.90 Å². The van der Waals surface area contributed by atoms with Crippen molar-refractivity contribution in [1.82, 2.24) is 0 Å². The zero-order valence-electron chi connectivity index (χ0n) is 9.44. The van der Waals surface area contributed by atoms with Gasteiger partial charge in [0.2, 0.25) is 11.8 Å². The molecule has 92 valence electrons. The van der Waals surface area contributed by atoms with E-state index in [-0.39, 0.29) is 31.3 Å². The van der Waals surface area contributed by atoms with E-state index in [4.69, 9.17) is 16.7 Å². The van der Waals surface area contributed by atoms with Crippen LogP contribution in [-0.4, -0.2) is 23.5 Å². The molecule has 1 saturated heterocycles. The molecule has 1 heterocycles. The summed E-state index contributed by atoms with van der Waals surface area (Å²) in [4.78, 5) is 24.5. The van der Waals surface area contributed by atoms with Gasteiger partial charge in [-0.2, -0.15) is 0 Å². The number of carbonyl (C=O) groups excluding carboxylic acids is 2. The highest BCUT2D eigenvalue weighted by molar-refractivity contribution is 6.31. The number of halogens is 1. The lowest BCUT2D eigenvalue weighted by atomic mass is 10.1. The Morgan fingerprint density at radius 1 is 1.28 bits per heavy atom. The summed E-state index contributed by atoms with van der Waals surface area (Å²) in [6, 6.07) is 4.75. The first-order chi connectivity index (χ1) is 8.63. The van der Waals surface area contributed by atoms with E-state index in [0.717, 1.165) is 4.90 Å².